The third kappa shape index (κ3) is 5.01. The molecule has 4 heteroatoms. The van der Waals surface area contributed by atoms with E-state index < -0.39 is 0 Å². The van der Waals surface area contributed by atoms with Gasteiger partial charge in [0.15, 0.2) is 11.5 Å². The Labute approximate surface area is 157 Å². The molecule has 0 amide bonds. The summed E-state index contributed by atoms with van der Waals surface area (Å²) >= 11 is 0. The second-order valence-corrected chi connectivity index (χ2v) is 6.86. The van der Waals surface area contributed by atoms with Crippen molar-refractivity contribution in [2.45, 2.75) is 39.0 Å². The third-order valence-electron chi connectivity index (χ3n) is 4.76. The Hall–Kier alpha value is -2.49. The molecule has 0 saturated carbocycles. The molecule has 3 N–H and O–H groups in total. The lowest BCUT2D eigenvalue weighted by atomic mass is 9.95. The Morgan fingerprint density at radius 1 is 0.923 bits per heavy atom. The van der Waals surface area contributed by atoms with E-state index in [0.717, 1.165) is 30.3 Å². The summed E-state index contributed by atoms with van der Waals surface area (Å²) in [5.41, 5.74) is 10.0. The molecule has 0 aliphatic carbocycles. The minimum atomic E-state index is 0.168. The predicted molar refractivity (Wildman–Crippen MR) is 107 cm³/mol. The van der Waals surface area contributed by atoms with E-state index in [0.29, 0.717) is 5.92 Å². The molecular formula is C22H31N2O2+. The molecule has 0 fully saturated rings. The van der Waals surface area contributed by atoms with Crippen molar-refractivity contribution in [3.8, 4) is 11.5 Å². The van der Waals surface area contributed by atoms with Gasteiger partial charge in [-0.15, -0.1) is 0 Å². The van der Waals surface area contributed by atoms with Gasteiger partial charge in [0.05, 0.1) is 26.7 Å². The standard InChI is InChI=1S/C22H30N2O2/c1-15(2)18-7-9-19(10-8-18)16(3)22(23)24-13-12-17-6-11-20(25-4)21(14-17)26-5/h6-11,14-16H,12-13H2,1-5H3,(H2,23,24)/p+1/t16-/m0/s1. The van der Waals surface area contributed by atoms with E-state index in [1.54, 1.807) is 14.2 Å². The number of methoxy groups -OCH3 is 2. The van der Waals surface area contributed by atoms with Gasteiger partial charge in [-0.25, -0.2) is 0 Å². The summed E-state index contributed by atoms with van der Waals surface area (Å²) in [6.07, 6.45) is 0.861. The summed E-state index contributed by atoms with van der Waals surface area (Å²) in [5.74, 6) is 3.00. The Balaban J connectivity index is 1.99. The Bertz CT molecular complexity index is 736. The average molecular weight is 356 g/mol. The van der Waals surface area contributed by atoms with E-state index >= 15 is 0 Å². The number of hydrogen-bond donors (Lipinski definition) is 2. The Kier molecular flexibility index (Phi) is 7.07. The van der Waals surface area contributed by atoms with Crippen LogP contribution in [0.25, 0.3) is 0 Å². The lowest BCUT2D eigenvalue weighted by Crippen LogP contribution is -2.77. The first-order valence-corrected chi connectivity index (χ1v) is 9.13. The van der Waals surface area contributed by atoms with Crippen LogP contribution < -0.4 is 20.2 Å². The van der Waals surface area contributed by atoms with Gasteiger partial charge in [0.1, 0.15) is 0 Å². The molecule has 26 heavy (non-hydrogen) atoms. The number of rotatable bonds is 8. The quantitative estimate of drug-likeness (QED) is 0.565. The summed E-state index contributed by atoms with van der Waals surface area (Å²) in [4.78, 5) is 3.36. The maximum Gasteiger partial charge on any atom is 0.247 e. The van der Waals surface area contributed by atoms with Crippen LogP contribution in [0.2, 0.25) is 0 Å². The maximum absolute atomic E-state index is 6.27. The first-order chi connectivity index (χ1) is 12.5. The van der Waals surface area contributed by atoms with Gasteiger partial charge in [0.25, 0.3) is 0 Å². The molecule has 2 aromatic carbocycles. The van der Waals surface area contributed by atoms with Crippen LogP contribution in [0, 0.1) is 0 Å². The molecular weight excluding hydrogens is 324 g/mol. The molecule has 0 saturated heterocycles. The summed E-state index contributed by atoms with van der Waals surface area (Å²) in [7, 11) is 3.29. The normalized spacial score (nSPS) is 12.9. The van der Waals surface area contributed by atoms with Crippen molar-refractivity contribution in [2.75, 3.05) is 20.8 Å². The number of hydrogen-bond acceptors (Lipinski definition) is 2. The maximum atomic E-state index is 6.27. The van der Waals surface area contributed by atoms with Gasteiger partial charge < -0.3 is 9.47 Å². The molecule has 0 bridgehead atoms. The van der Waals surface area contributed by atoms with Crippen molar-refractivity contribution in [2.24, 2.45) is 5.73 Å². The molecule has 0 unspecified atom stereocenters. The van der Waals surface area contributed by atoms with Crippen molar-refractivity contribution in [3.63, 3.8) is 0 Å². The molecule has 0 aliphatic heterocycles. The fourth-order valence-corrected chi connectivity index (χ4v) is 2.89. The fourth-order valence-electron chi connectivity index (χ4n) is 2.89. The van der Waals surface area contributed by atoms with Crippen molar-refractivity contribution in [1.29, 1.82) is 0 Å². The van der Waals surface area contributed by atoms with E-state index in [2.05, 4.69) is 50.0 Å². The number of ether oxygens (including phenoxy) is 2. The van der Waals surface area contributed by atoms with Crippen LogP contribution in [-0.4, -0.2) is 26.6 Å². The van der Waals surface area contributed by atoms with Crippen molar-refractivity contribution >= 4 is 5.84 Å². The van der Waals surface area contributed by atoms with E-state index in [9.17, 15) is 0 Å². The lowest BCUT2D eigenvalue weighted by molar-refractivity contribution is -0.459. The highest BCUT2D eigenvalue weighted by atomic mass is 16.5. The first kappa shape index (κ1) is 19.8. The minimum absolute atomic E-state index is 0.168. The largest absolute Gasteiger partial charge is 0.493 e. The molecule has 140 valence electrons. The van der Waals surface area contributed by atoms with Crippen LogP contribution in [0.3, 0.4) is 0 Å². The zero-order chi connectivity index (χ0) is 19.1. The second-order valence-electron chi connectivity index (χ2n) is 6.86. The summed E-state index contributed by atoms with van der Waals surface area (Å²) < 4.78 is 10.6. The lowest BCUT2D eigenvalue weighted by Gasteiger charge is -2.11. The van der Waals surface area contributed by atoms with E-state index in [-0.39, 0.29) is 5.92 Å². The number of nitrogens with two attached hydrogens (primary N) is 1. The zero-order valence-electron chi connectivity index (χ0n) is 16.5. The van der Waals surface area contributed by atoms with E-state index in [1.165, 1.54) is 16.7 Å². The zero-order valence-corrected chi connectivity index (χ0v) is 16.5. The smallest absolute Gasteiger partial charge is 0.247 e. The third-order valence-corrected chi connectivity index (χ3v) is 4.76. The van der Waals surface area contributed by atoms with Crippen molar-refractivity contribution in [3.05, 3.63) is 59.2 Å². The number of nitrogens with one attached hydrogen (secondary N) is 1. The van der Waals surface area contributed by atoms with Gasteiger partial charge in [-0.1, -0.05) is 44.2 Å². The molecule has 0 aromatic heterocycles. The highest BCUT2D eigenvalue weighted by Gasteiger charge is 2.15. The van der Waals surface area contributed by atoms with Crippen molar-refractivity contribution in [1.82, 2.24) is 0 Å². The molecule has 0 aliphatic rings. The molecule has 0 heterocycles. The molecule has 2 aromatic rings. The number of benzene rings is 2. The van der Waals surface area contributed by atoms with Crippen molar-refractivity contribution < 1.29 is 14.5 Å². The van der Waals surface area contributed by atoms with Gasteiger partial charge in [0, 0.05) is 6.42 Å². The molecule has 4 nitrogen and oxygen atoms in total. The monoisotopic (exact) mass is 355 g/mol. The summed E-state index contributed by atoms with van der Waals surface area (Å²) in [6.45, 7) is 7.31. The topological polar surface area (TPSA) is 58.5 Å². The van der Waals surface area contributed by atoms with Crippen LogP contribution in [0.4, 0.5) is 0 Å². The molecule has 0 radical (unpaired) electrons. The number of amidine groups is 1. The van der Waals surface area contributed by atoms with Gasteiger partial charge >= 0.3 is 0 Å². The average Bonchev–Trinajstić information content (AvgIpc) is 2.67. The van der Waals surface area contributed by atoms with Gasteiger partial charge in [0.2, 0.25) is 5.84 Å². The molecule has 2 rings (SSSR count). The minimum Gasteiger partial charge on any atom is -0.493 e. The van der Waals surface area contributed by atoms with Gasteiger partial charge in [-0.3, -0.25) is 10.7 Å². The van der Waals surface area contributed by atoms with E-state index in [1.807, 2.05) is 18.2 Å². The molecule has 0 spiro atoms. The summed E-state index contributed by atoms with van der Waals surface area (Å²) in [5, 5.41) is 0. The van der Waals surface area contributed by atoms with Gasteiger partial charge in [-0.05, 0) is 41.7 Å². The first-order valence-electron chi connectivity index (χ1n) is 9.13. The van der Waals surface area contributed by atoms with Crippen LogP contribution in [-0.2, 0) is 6.42 Å². The van der Waals surface area contributed by atoms with E-state index in [4.69, 9.17) is 15.2 Å². The highest BCUT2D eigenvalue weighted by Crippen LogP contribution is 2.27. The second kappa shape index (κ2) is 9.27. The molecule has 1 atom stereocenters. The summed E-state index contributed by atoms with van der Waals surface area (Å²) in [6, 6.07) is 14.7. The Morgan fingerprint density at radius 3 is 2.12 bits per heavy atom. The van der Waals surface area contributed by atoms with Crippen LogP contribution in [0.15, 0.2) is 42.5 Å². The van der Waals surface area contributed by atoms with Crippen LogP contribution in [0.1, 0.15) is 49.3 Å². The SMILES string of the molecule is COc1ccc(CC[NH+]=C(N)[C@@H](C)c2ccc(C(C)C)cc2)cc1OC. The van der Waals surface area contributed by atoms with Crippen LogP contribution >= 0.6 is 0 Å². The van der Waals surface area contributed by atoms with Gasteiger partial charge in [-0.2, -0.15) is 0 Å². The predicted octanol–water partition coefficient (Wildman–Crippen LogP) is 2.61. The van der Waals surface area contributed by atoms with Crippen LogP contribution in [0.5, 0.6) is 11.5 Å². The Morgan fingerprint density at radius 2 is 1.54 bits per heavy atom. The highest BCUT2D eigenvalue weighted by molar-refractivity contribution is 5.81. The fraction of sp³-hybridized carbons (Fsp3) is 0.409.